The molecule has 0 unspecified atom stereocenters. The molecule has 6 nitrogen and oxygen atoms in total. The largest absolute Gasteiger partial charge is 0.465 e. The molecule has 116 valence electrons. The number of nitrogens with zero attached hydrogens (tertiary/aromatic N) is 2. The van der Waals surface area contributed by atoms with Crippen LogP contribution in [-0.2, 0) is 19.1 Å². The molecule has 0 saturated heterocycles. The van der Waals surface area contributed by atoms with Crippen LogP contribution in [0.3, 0.4) is 0 Å². The molecule has 0 N–H and O–H groups in total. The van der Waals surface area contributed by atoms with Crippen molar-refractivity contribution in [2.75, 3.05) is 13.2 Å². The van der Waals surface area contributed by atoms with Crippen LogP contribution < -0.4 is 0 Å². The van der Waals surface area contributed by atoms with Crippen LogP contribution in [0.1, 0.15) is 26.0 Å². The SMILES string of the molecule is CCOC(=O)C1(C(=O)OCC)C=NC(c2ccccn2)=CC1. The van der Waals surface area contributed by atoms with Gasteiger partial charge in [-0.15, -0.1) is 0 Å². The molecule has 0 amide bonds. The molecule has 1 aromatic heterocycles. The summed E-state index contributed by atoms with van der Waals surface area (Å²) in [6, 6.07) is 5.46. The van der Waals surface area contributed by atoms with Crippen LogP contribution in [0.15, 0.2) is 35.5 Å². The fourth-order valence-corrected chi connectivity index (χ4v) is 2.10. The zero-order valence-corrected chi connectivity index (χ0v) is 12.6. The summed E-state index contributed by atoms with van der Waals surface area (Å²) in [6.07, 6.45) is 4.81. The Kier molecular flexibility index (Phi) is 5.04. The van der Waals surface area contributed by atoms with Gasteiger partial charge in [0.25, 0.3) is 0 Å². The number of allylic oxidation sites excluding steroid dienone is 1. The molecule has 0 bridgehead atoms. The number of hydrogen-bond acceptors (Lipinski definition) is 6. The van der Waals surface area contributed by atoms with Crippen LogP contribution in [0.4, 0.5) is 0 Å². The average molecular weight is 302 g/mol. The highest BCUT2D eigenvalue weighted by molar-refractivity contribution is 6.16. The second-order valence-corrected chi connectivity index (χ2v) is 4.68. The highest BCUT2D eigenvalue weighted by atomic mass is 16.6. The summed E-state index contributed by atoms with van der Waals surface area (Å²) < 4.78 is 10.0. The molecule has 0 aromatic carbocycles. The van der Waals surface area contributed by atoms with Gasteiger partial charge < -0.3 is 9.47 Å². The first-order chi connectivity index (χ1) is 10.6. The van der Waals surface area contributed by atoms with Crippen LogP contribution >= 0.6 is 0 Å². The molecule has 2 rings (SSSR count). The van der Waals surface area contributed by atoms with Gasteiger partial charge in [0.15, 0.2) is 0 Å². The second kappa shape index (κ2) is 6.98. The smallest absolute Gasteiger partial charge is 0.329 e. The van der Waals surface area contributed by atoms with Gasteiger partial charge in [-0.2, -0.15) is 0 Å². The van der Waals surface area contributed by atoms with Gasteiger partial charge in [-0.1, -0.05) is 12.1 Å². The van der Waals surface area contributed by atoms with E-state index in [4.69, 9.17) is 9.47 Å². The van der Waals surface area contributed by atoms with Crippen LogP contribution in [0.2, 0.25) is 0 Å². The van der Waals surface area contributed by atoms with E-state index in [-0.39, 0.29) is 19.6 Å². The average Bonchev–Trinajstić information content (AvgIpc) is 2.56. The Balaban J connectivity index is 2.28. The van der Waals surface area contributed by atoms with Gasteiger partial charge in [-0.05, 0) is 32.4 Å². The van der Waals surface area contributed by atoms with Crippen molar-refractivity contribution < 1.29 is 19.1 Å². The molecule has 0 fully saturated rings. The topological polar surface area (TPSA) is 77.9 Å². The first-order valence-electron chi connectivity index (χ1n) is 7.15. The van der Waals surface area contributed by atoms with Gasteiger partial charge in [0.2, 0.25) is 5.41 Å². The van der Waals surface area contributed by atoms with Gasteiger partial charge in [0.05, 0.1) is 24.6 Å². The van der Waals surface area contributed by atoms with E-state index in [1.807, 2.05) is 12.1 Å². The molecular weight excluding hydrogens is 284 g/mol. The first-order valence-corrected chi connectivity index (χ1v) is 7.15. The van der Waals surface area contributed by atoms with Crippen LogP contribution in [0.25, 0.3) is 5.70 Å². The van der Waals surface area contributed by atoms with Crippen molar-refractivity contribution in [1.29, 1.82) is 0 Å². The summed E-state index contributed by atoms with van der Waals surface area (Å²) >= 11 is 0. The summed E-state index contributed by atoms with van der Waals surface area (Å²) in [4.78, 5) is 32.9. The molecule has 0 aliphatic carbocycles. The van der Waals surface area contributed by atoms with Gasteiger partial charge in [-0.25, -0.2) is 0 Å². The van der Waals surface area contributed by atoms with Gasteiger partial charge in [0, 0.05) is 12.4 Å². The summed E-state index contributed by atoms with van der Waals surface area (Å²) in [7, 11) is 0. The van der Waals surface area contributed by atoms with Gasteiger partial charge in [0.1, 0.15) is 0 Å². The summed E-state index contributed by atoms with van der Waals surface area (Å²) in [5.74, 6) is -1.29. The monoisotopic (exact) mass is 302 g/mol. The number of pyridine rings is 1. The lowest BCUT2D eigenvalue weighted by Gasteiger charge is -2.26. The third-order valence-electron chi connectivity index (χ3n) is 3.25. The minimum atomic E-state index is -1.51. The van der Waals surface area contributed by atoms with Gasteiger partial charge >= 0.3 is 11.9 Å². The predicted molar refractivity (Wildman–Crippen MR) is 81.0 cm³/mol. The van der Waals surface area contributed by atoms with E-state index < -0.39 is 17.4 Å². The Morgan fingerprint density at radius 3 is 2.32 bits per heavy atom. The minimum Gasteiger partial charge on any atom is -0.465 e. The highest BCUT2D eigenvalue weighted by Gasteiger charge is 2.48. The molecule has 0 atom stereocenters. The molecular formula is C16H18N2O4. The number of aliphatic imine (C=N–C) groups is 1. The van der Waals surface area contributed by atoms with Crippen molar-refractivity contribution in [3.8, 4) is 0 Å². The summed E-state index contributed by atoms with van der Waals surface area (Å²) in [5.41, 5.74) is -0.213. The lowest BCUT2D eigenvalue weighted by molar-refractivity contribution is -0.165. The quantitative estimate of drug-likeness (QED) is 0.614. The number of carbonyl (C=O) groups excluding carboxylic acids is 2. The van der Waals surface area contributed by atoms with Crippen LogP contribution in [0.5, 0.6) is 0 Å². The zero-order chi connectivity index (χ0) is 16.0. The van der Waals surface area contributed by atoms with E-state index >= 15 is 0 Å². The highest BCUT2D eigenvalue weighted by Crippen LogP contribution is 2.32. The molecule has 1 aliphatic rings. The van der Waals surface area contributed by atoms with Crippen molar-refractivity contribution >= 4 is 23.9 Å². The molecule has 6 heteroatoms. The molecule has 0 radical (unpaired) electrons. The fourth-order valence-electron chi connectivity index (χ4n) is 2.10. The number of carbonyl (C=O) groups is 2. The van der Waals surface area contributed by atoms with E-state index in [1.54, 1.807) is 32.2 Å². The maximum Gasteiger partial charge on any atom is 0.329 e. The predicted octanol–water partition coefficient (Wildman–Crippen LogP) is 2.01. The van der Waals surface area contributed by atoms with E-state index in [0.717, 1.165) is 0 Å². The maximum atomic E-state index is 12.2. The Morgan fingerprint density at radius 2 is 1.86 bits per heavy atom. The fraction of sp³-hybridized carbons (Fsp3) is 0.375. The molecule has 1 aromatic rings. The second-order valence-electron chi connectivity index (χ2n) is 4.68. The number of ether oxygens (including phenoxy) is 2. The van der Waals surface area contributed by atoms with Crippen LogP contribution in [-0.4, -0.2) is 36.4 Å². The molecule has 2 heterocycles. The van der Waals surface area contributed by atoms with Crippen molar-refractivity contribution in [2.24, 2.45) is 10.4 Å². The van der Waals surface area contributed by atoms with E-state index in [9.17, 15) is 9.59 Å². The summed E-state index contributed by atoms with van der Waals surface area (Å²) in [6.45, 7) is 3.74. The Hall–Kier alpha value is -2.50. The molecule has 0 saturated carbocycles. The third-order valence-corrected chi connectivity index (χ3v) is 3.25. The molecule has 22 heavy (non-hydrogen) atoms. The third kappa shape index (κ3) is 3.05. The summed E-state index contributed by atoms with van der Waals surface area (Å²) in [5, 5.41) is 0. The van der Waals surface area contributed by atoms with Crippen molar-refractivity contribution in [3.63, 3.8) is 0 Å². The van der Waals surface area contributed by atoms with Gasteiger partial charge in [-0.3, -0.25) is 19.6 Å². The lowest BCUT2D eigenvalue weighted by atomic mass is 9.83. The first kappa shape index (κ1) is 15.9. The Labute approximate surface area is 128 Å². The molecule has 0 spiro atoms. The van der Waals surface area contributed by atoms with E-state index in [1.165, 1.54) is 6.21 Å². The molecule has 1 aliphatic heterocycles. The van der Waals surface area contributed by atoms with E-state index in [0.29, 0.717) is 11.4 Å². The number of esters is 2. The number of aromatic nitrogens is 1. The zero-order valence-electron chi connectivity index (χ0n) is 12.6. The maximum absolute atomic E-state index is 12.2. The lowest BCUT2D eigenvalue weighted by Crippen LogP contribution is -2.44. The normalized spacial score (nSPS) is 15.8. The van der Waals surface area contributed by atoms with Crippen molar-refractivity contribution in [1.82, 2.24) is 4.98 Å². The number of rotatable bonds is 5. The minimum absolute atomic E-state index is 0.139. The van der Waals surface area contributed by atoms with Crippen LogP contribution in [0, 0.1) is 5.41 Å². The number of hydrogen-bond donors (Lipinski definition) is 0. The van der Waals surface area contributed by atoms with Crippen molar-refractivity contribution in [2.45, 2.75) is 20.3 Å². The van der Waals surface area contributed by atoms with E-state index in [2.05, 4.69) is 9.98 Å². The Bertz CT molecular complexity index is 590. The standard InChI is InChI=1S/C16H18N2O4/c1-3-21-14(19)16(15(20)22-4-2)9-8-13(18-11-16)12-7-5-6-10-17-12/h5-8,10-11H,3-4,9H2,1-2H3. The van der Waals surface area contributed by atoms with Crippen molar-refractivity contribution in [3.05, 3.63) is 36.2 Å². The Morgan fingerprint density at radius 1 is 1.18 bits per heavy atom.